The zero-order valence-electron chi connectivity index (χ0n) is 18.2. The molecule has 0 rings (SSSR count). The number of carbonyl (C=O) groups excluding carboxylic acids is 1. The van der Waals surface area contributed by atoms with Crippen molar-refractivity contribution in [3.63, 3.8) is 0 Å². The first kappa shape index (κ1) is 25.0. The van der Waals surface area contributed by atoms with Crippen LogP contribution in [0.3, 0.4) is 0 Å². The second kappa shape index (κ2) is 14.1. The molecule has 0 bridgehead atoms. The molecule has 0 radical (unpaired) electrons. The summed E-state index contributed by atoms with van der Waals surface area (Å²) in [6.45, 7) is 15.8. The van der Waals surface area contributed by atoms with Gasteiger partial charge in [-0.05, 0) is 0 Å². The summed E-state index contributed by atoms with van der Waals surface area (Å²) in [5.74, 6) is 0.371. The Morgan fingerprint density at radius 2 is 1.32 bits per heavy atom. The molecular formula is C22H44O2Sn. The first-order valence-corrected chi connectivity index (χ1v) is 18.7. The van der Waals surface area contributed by atoms with Crippen LogP contribution in [-0.2, 0) is 9.53 Å². The summed E-state index contributed by atoms with van der Waals surface area (Å²) in [7, 11) is 0. The van der Waals surface area contributed by atoms with Gasteiger partial charge in [0, 0.05) is 0 Å². The van der Waals surface area contributed by atoms with Gasteiger partial charge in [0.25, 0.3) is 0 Å². The standard InChI is InChI=1S/C10H17O2.3C4H9.Sn/c1-7(2)6-12-10(11)9(5)8(3)4;3*1-3-4-2;/h7H,5-6H2,1-4H3;3*1,3-4H2,2H3;. The van der Waals surface area contributed by atoms with Crippen molar-refractivity contribution in [3.8, 4) is 0 Å². The van der Waals surface area contributed by atoms with Crippen LogP contribution in [0.1, 0.15) is 87.0 Å². The molecule has 0 N–H and O–H groups in total. The van der Waals surface area contributed by atoms with Gasteiger partial charge in [-0.25, -0.2) is 0 Å². The van der Waals surface area contributed by atoms with Gasteiger partial charge in [0.1, 0.15) is 0 Å². The van der Waals surface area contributed by atoms with E-state index in [1.54, 1.807) is 0 Å². The van der Waals surface area contributed by atoms with Gasteiger partial charge in [-0.3, -0.25) is 0 Å². The van der Waals surface area contributed by atoms with Crippen molar-refractivity contribution in [1.29, 1.82) is 0 Å². The van der Waals surface area contributed by atoms with E-state index in [-0.39, 0.29) is 5.97 Å². The van der Waals surface area contributed by atoms with E-state index < -0.39 is 18.4 Å². The molecule has 0 aromatic heterocycles. The first-order chi connectivity index (χ1) is 11.8. The number of esters is 1. The molecule has 0 aliphatic carbocycles. The van der Waals surface area contributed by atoms with E-state index in [0.717, 1.165) is 10.0 Å². The summed E-state index contributed by atoms with van der Waals surface area (Å²) in [4.78, 5) is 12.7. The van der Waals surface area contributed by atoms with Crippen molar-refractivity contribution in [2.75, 3.05) is 6.61 Å². The third kappa shape index (κ3) is 10.7. The summed E-state index contributed by atoms with van der Waals surface area (Å²) < 4.78 is 11.1. The fourth-order valence-corrected chi connectivity index (χ4v) is 20.1. The number of hydrogen-bond donors (Lipinski definition) is 0. The summed E-state index contributed by atoms with van der Waals surface area (Å²) in [6, 6.07) is 0. The van der Waals surface area contributed by atoms with Gasteiger partial charge >= 0.3 is 162 Å². The summed E-state index contributed by atoms with van der Waals surface area (Å²) in [6.07, 6.45) is 7.87. The summed E-state index contributed by atoms with van der Waals surface area (Å²) >= 11 is -2.35. The number of hydrogen-bond acceptors (Lipinski definition) is 2. The molecule has 0 saturated heterocycles. The van der Waals surface area contributed by atoms with Crippen LogP contribution in [0.15, 0.2) is 11.1 Å². The number of ether oxygens (including phenoxy) is 1. The van der Waals surface area contributed by atoms with E-state index in [4.69, 9.17) is 4.74 Å². The Bertz CT molecular complexity index is 373. The van der Waals surface area contributed by atoms with Crippen LogP contribution in [0.2, 0.25) is 17.7 Å². The Morgan fingerprint density at radius 3 is 1.64 bits per heavy atom. The van der Waals surface area contributed by atoms with Crippen LogP contribution >= 0.6 is 0 Å². The van der Waals surface area contributed by atoms with Crippen molar-refractivity contribution in [2.24, 2.45) is 5.92 Å². The molecule has 25 heavy (non-hydrogen) atoms. The first-order valence-electron chi connectivity index (χ1n) is 10.6. The van der Waals surface area contributed by atoms with Gasteiger partial charge in [0.15, 0.2) is 0 Å². The molecule has 0 fully saturated rings. The number of allylic oxidation sites excluding steroid dienone is 1. The van der Waals surface area contributed by atoms with Crippen LogP contribution in [0, 0.1) is 5.92 Å². The third-order valence-electron chi connectivity index (χ3n) is 5.13. The summed E-state index contributed by atoms with van der Waals surface area (Å²) in [5.41, 5.74) is 2.21. The Hall–Kier alpha value is 0.00870. The van der Waals surface area contributed by atoms with Crippen LogP contribution in [0.5, 0.6) is 0 Å². The molecule has 0 unspecified atom stereocenters. The predicted octanol–water partition coefficient (Wildman–Crippen LogP) is 7.37. The molecule has 0 aromatic rings. The molecule has 0 aliphatic heterocycles. The molecule has 0 aromatic carbocycles. The Morgan fingerprint density at radius 1 is 0.880 bits per heavy atom. The molecule has 0 atom stereocenters. The van der Waals surface area contributed by atoms with Gasteiger partial charge in [-0.1, -0.05) is 0 Å². The maximum atomic E-state index is 12.7. The number of carbonyl (C=O) groups is 1. The molecule has 0 heterocycles. The van der Waals surface area contributed by atoms with Gasteiger partial charge < -0.3 is 0 Å². The van der Waals surface area contributed by atoms with Gasteiger partial charge in [0.2, 0.25) is 0 Å². The second-order valence-corrected chi connectivity index (χ2v) is 22.3. The van der Waals surface area contributed by atoms with Gasteiger partial charge in [-0.2, -0.15) is 0 Å². The van der Waals surface area contributed by atoms with Crippen molar-refractivity contribution in [3.05, 3.63) is 11.1 Å². The van der Waals surface area contributed by atoms with Crippen LogP contribution in [0.25, 0.3) is 0 Å². The molecule has 0 aliphatic rings. The molecule has 0 spiro atoms. The number of unbranched alkanes of at least 4 members (excludes halogenated alkanes) is 3. The monoisotopic (exact) mass is 460 g/mol. The normalized spacial score (nSPS) is 11.7. The maximum absolute atomic E-state index is 12.7. The quantitative estimate of drug-likeness (QED) is 0.154. The van der Waals surface area contributed by atoms with Crippen molar-refractivity contribution < 1.29 is 9.53 Å². The Balaban J connectivity index is 5.40. The average molecular weight is 459 g/mol. The van der Waals surface area contributed by atoms with Crippen LogP contribution in [0.4, 0.5) is 0 Å². The fourth-order valence-electron chi connectivity index (χ4n) is 3.45. The van der Waals surface area contributed by atoms with Crippen LogP contribution in [-0.4, -0.2) is 31.0 Å². The van der Waals surface area contributed by atoms with Crippen molar-refractivity contribution in [2.45, 2.75) is 105 Å². The minimum atomic E-state index is -2.35. The van der Waals surface area contributed by atoms with Crippen molar-refractivity contribution in [1.82, 2.24) is 0 Å². The zero-order valence-corrected chi connectivity index (χ0v) is 21.0. The predicted molar refractivity (Wildman–Crippen MR) is 114 cm³/mol. The van der Waals surface area contributed by atoms with Crippen LogP contribution < -0.4 is 0 Å². The molecule has 0 amide bonds. The minimum absolute atomic E-state index is 0.0285. The average Bonchev–Trinajstić information content (AvgIpc) is 2.58. The van der Waals surface area contributed by atoms with E-state index in [1.807, 2.05) is 0 Å². The topological polar surface area (TPSA) is 26.3 Å². The van der Waals surface area contributed by atoms with E-state index >= 15 is 0 Å². The SMILES string of the molecule is CCC[CH2][Sn]([CH2]CCC)([CH2]CCC)[CH2]C(C(=O)OCC(C)C)=C(C)C. The Kier molecular flexibility index (Phi) is 14.1. The molecular weight excluding hydrogens is 415 g/mol. The Labute approximate surface area is 162 Å². The van der Waals surface area contributed by atoms with Gasteiger partial charge in [0.05, 0.1) is 0 Å². The molecule has 0 saturated carbocycles. The van der Waals surface area contributed by atoms with Crippen molar-refractivity contribution >= 4 is 24.3 Å². The zero-order chi connectivity index (χ0) is 19.3. The van der Waals surface area contributed by atoms with E-state index in [0.29, 0.717) is 12.5 Å². The number of rotatable bonds is 14. The molecule has 148 valence electrons. The summed E-state index contributed by atoms with van der Waals surface area (Å²) in [5, 5.41) is 0. The molecule has 3 heteroatoms. The fraction of sp³-hybridized carbons (Fsp3) is 0.864. The third-order valence-corrected chi connectivity index (χ3v) is 20.4. The second-order valence-electron chi connectivity index (χ2n) is 8.46. The molecule has 2 nitrogen and oxygen atoms in total. The van der Waals surface area contributed by atoms with E-state index in [2.05, 4.69) is 48.5 Å². The van der Waals surface area contributed by atoms with E-state index in [1.165, 1.54) is 57.4 Å². The van der Waals surface area contributed by atoms with E-state index in [9.17, 15) is 4.79 Å². The van der Waals surface area contributed by atoms with Gasteiger partial charge in [-0.15, -0.1) is 0 Å².